The highest BCUT2D eigenvalue weighted by Gasteiger charge is 2.28. The molecule has 1 aromatic carbocycles. The number of carbonyl (C=O) groups excluding carboxylic acids is 2. The number of nitrogens with one attached hydrogen (secondary N) is 1. The third-order valence-corrected chi connectivity index (χ3v) is 3.63. The van der Waals surface area contributed by atoms with E-state index in [1.54, 1.807) is 24.3 Å². The van der Waals surface area contributed by atoms with Crippen LogP contribution in [0.4, 0.5) is 0 Å². The SMILES string of the molecule is COC(=O)[C@@H](Cc1ccc(C#N)cc1)NC(=O)[C@H]1CCOC1. The maximum absolute atomic E-state index is 12.1. The fraction of sp³-hybridized carbons (Fsp3) is 0.438. The van der Waals surface area contributed by atoms with Crippen molar-refractivity contribution in [2.45, 2.75) is 18.9 Å². The van der Waals surface area contributed by atoms with Crippen molar-refractivity contribution < 1.29 is 19.1 Å². The first-order valence-corrected chi connectivity index (χ1v) is 7.09. The van der Waals surface area contributed by atoms with Gasteiger partial charge in [0.25, 0.3) is 0 Å². The van der Waals surface area contributed by atoms with Crippen molar-refractivity contribution in [3.05, 3.63) is 35.4 Å². The summed E-state index contributed by atoms with van der Waals surface area (Å²) in [5, 5.41) is 11.5. The second kappa shape index (κ2) is 7.57. The molecule has 0 bridgehead atoms. The molecule has 0 spiro atoms. The minimum Gasteiger partial charge on any atom is -0.467 e. The van der Waals surface area contributed by atoms with Crippen molar-refractivity contribution in [2.24, 2.45) is 5.92 Å². The van der Waals surface area contributed by atoms with E-state index in [0.717, 1.165) is 5.56 Å². The van der Waals surface area contributed by atoms with Gasteiger partial charge in [0.05, 0.1) is 31.3 Å². The summed E-state index contributed by atoms with van der Waals surface area (Å²) < 4.78 is 9.94. The number of amides is 1. The van der Waals surface area contributed by atoms with E-state index in [1.165, 1.54) is 7.11 Å². The smallest absolute Gasteiger partial charge is 0.328 e. The summed E-state index contributed by atoms with van der Waals surface area (Å²) in [7, 11) is 1.29. The van der Waals surface area contributed by atoms with Crippen molar-refractivity contribution in [2.75, 3.05) is 20.3 Å². The zero-order valence-electron chi connectivity index (χ0n) is 12.4. The molecule has 0 aromatic heterocycles. The van der Waals surface area contributed by atoms with Gasteiger partial charge < -0.3 is 14.8 Å². The number of benzene rings is 1. The molecule has 0 unspecified atom stereocenters. The van der Waals surface area contributed by atoms with Gasteiger partial charge in [0.2, 0.25) is 5.91 Å². The minimum atomic E-state index is -0.744. The van der Waals surface area contributed by atoms with Gasteiger partial charge in [-0.1, -0.05) is 12.1 Å². The number of nitrogens with zero attached hydrogens (tertiary/aromatic N) is 1. The lowest BCUT2D eigenvalue weighted by atomic mass is 10.0. The van der Waals surface area contributed by atoms with Gasteiger partial charge in [-0.25, -0.2) is 4.79 Å². The Morgan fingerprint density at radius 1 is 1.45 bits per heavy atom. The largest absolute Gasteiger partial charge is 0.467 e. The summed E-state index contributed by atoms with van der Waals surface area (Å²) in [4.78, 5) is 24.0. The van der Waals surface area contributed by atoms with Gasteiger partial charge in [-0.3, -0.25) is 4.79 Å². The molecule has 0 aliphatic carbocycles. The average Bonchev–Trinajstić information content (AvgIpc) is 3.08. The van der Waals surface area contributed by atoms with Crippen LogP contribution in [-0.2, 0) is 25.5 Å². The summed E-state index contributed by atoms with van der Waals surface area (Å²) in [5.74, 6) is -0.897. The maximum atomic E-state index is 12.1. The predicted octanol–water partition coefficient (Wildman–Crippen LogP) is 0.795. The van der Waals surface area contributed by atoms with Crippen molar-refractivity contribution in [1.82, 2.24) is 5.32 Å². The van der Waals surface area contributed by atoms with E-state index in [4.69, 9.17) is 14.7 Å². The first-order chi connectivity index (χ1) is 10.6. The van der Waals surface area contributed by atoms with Crippen molar-refractivity contribution in [3.63, 3.8) is 0 Å². The summed E-state index contributed by atoms with van der Waals surface area (Å²) in [6, 6.07) is 8.17. The Bertz CT molecular complexity index is 571. The number of methoxy groups -OCH3 is 1. The Morgan fingerprint density at radius 3 is 2.73 bits per heavy atom. The van der Waals surface area contributed by atoms with Crippen LogP contribution in [0.1, 0.15) is 17.5 Å². The average molecular weight is 302 g/mol. The molecule has 0 radical (unpaired) electrons. The second-order valence-corrected chi connectivity index (χ2v) is 5.16. The maximum Gasteiger partial charge on any atom is 0.328 e. The Hall–Kier alpha value is -2.39. The summed E-state index contributed by atoms with van der Waals surface area (Å²) in [6.45, 7) is 0.952. The zero-order valence-corrected chi connectivity index (χ0v) is 12.4. The second-order valence-electron chi connectivity index (χ2n) is 5.16. The lowest BCUT2D eigenvalue weighted by Crippen LogP contribution is -2.45. The third-order valence-electron chi connectivity index (χ3n) is 3.63. The molecule has 6 heteroatoms. The van der Waals surface area contributed by atoms with Crippen molar-refractivity contribution in [3.8, 4) is 6.07 Å². The summed E-state index contributed by atoms with van der Waals surface area (Å²) in [5.41, 5.74) is 1.39. The van der Waals surface area contributed by atoms with Crippen LogP contribution in [0, 0.1) is 17.2 Å². The van der Waals surface area contributed by atoms with Crippen LogP contribution in [0.25, 0.3) is 0 Å². The Kier molecular flexibility index (Phi) is 5.50. The van der Waals surface area contributed by atoms with Crippen LogP contribution in [0.3, 0.4) is 0 Å². The topological polar surface area (TPSA) is 88.4 Å². The number of hydrogen-bond acceptors (Lipinski definition) is 5. The molecule has 1 aliphatic rings. The fourth-order valence-corrected chi connectivity index (χ4v) is 2.32. The number of nitriles is 1. The molecule has 116 valence electrons. The molecule has 1 saturated heterocycles. The quantitative estimate of drug-likeness (QED) is 0.813. The Balaban J connectivity index is 2.03. The lowest BCUT2D eigenvalue weighted by molar-refractivity contribution is -0.145. The molecule has 0 saturated carbocycles. The van der Waals surface area contributed by atoms with Gasteiger partial charge in [-0.15, -0.1) is 0 Å². The molecule has 1 aliphatic heterocycles. The summed E-state index contributed by atoms with van der Waals surface area (Å²) >= 11 is 0. The predicted molar refractivity (Wildman–Crippen MR) is 77.7 cm³/mol. The minimum absolute atomic E-state index is 0.193. The van der Waals surface area contributed by atoms with Gasteiger partial charge >= 0.3 is 5.97 Å². The van der Waals surface area contributed by atoms with E-state index in [-0.39, 0.29) is 11.8 Å². The molecular formula is C16H18N2O4. The molecule has 2 atom stereocenters. The van der Waals surface area contributed by atoms with Crippen molar-refractivity contribution in [1.29, 1.82) is 5.26 Å². The molecule has 1 aromatic rings. The van der Waals surface area contributed by atoms with Crippen LogP contribution in [0.15, 0.2) is 24.3 Å². The monoisotopic (exact) mass is 302 g/mol. The standard InChI is InChI=1S/C16H18N2O4/c1-21-16(20)14(18-15(19)13-6-7-22-10-13)8-11-2-4-12(9-17)5-3-11/h2-5,13-14H,6-8,10H2,1H3,(H,18,19)/t13-,14+/m0/s1. The van der Waals surface area contributed by atoms with Crippen LogP contribution in [0.2, 0.25) is 0 Å². The molecule has 1 amide bonds. The molecule has 2 rings (SSSR count). The molecule has 1 N–H and O–H groups in total. The van der Waals surface area contributed by atoms with Gasteiger partial charge in [-0.05, 0) is 24.1 Å². The first kappa shape index (κ1) is 16.0. The zero-order chi connectivity index (χ0) is 15.9. The van der Waals surface area contributed by atoms with Gasteiger partial charge in [0.15, 0.2) is 0 Å². The number of rotatable bonds is 5. The molecule has 6 nitrogen and oxygen atoms in total. The lowest BCUT2D eigenvalue weighted by Gasteiger charge is -2.18. The molecule has 1 heterocycles. The van der Waals surface area contributed by atoms with E-state index >= 15 is 0 Å². The van der Waals surface area contributed by atoms with E-state index in [2.05, 4.69) is 5.32 Å². The normalized spacial score (nSPS) is 18.3. The molecule has 1 fully saturated rings. The highest BCUT2D eigenvalue weighted by Crippen LogP contribution is 2.13. The molecule has 22 heavy (non-hydrogen) atoms. The first-order valence-electron chi connectivity index (χ1n) is 7.09. The van der Waals surface area contributed by atoms with E-state index in [9.17, 15) is 9.59 Å². The van der Waals surface area contributed by atoms with Crippen LogP contribution in [0.5, 0.6) is 0 Å². The van der Waals surface area contributed by atoms with Gasteiger partial charge in [-0.2, -0.15) is 5.26 Å². The fourth-order valence-electron chi connectivity index (χ4n) is 2.32. The van der Waals surface area contributed by atoms with Crippen LogP contribution >= 0.6 is 0 Å². The summed E-state index contributed by atoms with van der Waals surface area (Å²) in [6.07, 6.45) is 0.980. The highest BCUT2D eigenvalue weighted by atomic mass is 16.5. The van der Waals surface area contributed by atoms with E-state index in [0.29, 0.717) is 31.6 Å². The molecular weight excluding hydrogens is 284 g/mol. The number of carbonyl (C=O) groups is 2. The Morgan fingerprint density at radius 2 is 2.18 bits per heavy atom. The van der Waals surface area contributed by atoms with Crippen LogP contribution in [-0.4, -0.2) is 38.2 Å². The van der Waals surface area contributed by atoms with E-state index in [1.807, 2.05) is 6.07 Å². The number of hydrogen-bond donors (Lipinski definition) is 1. The highest BCUT2D eigenvalue weighted by molar-refractivity contribution is 5.86. The number of esters is 1. The van der Waals surface area contributed by atoms with E-state index < -0.39 is 12.0 Å². The van der Waals surface area contributed by atoms with Crippen LogP contribution < -0.4 is 5.32 Å². The number of ether oxygens (including phenoxy) is 2. The van der Waals surface area contributed by atoms with Crippen molar-refractivity contribution >= 4 is 11.9 Å². The van der Waals surface area contributed by atoms with Gasteiger partial charge in [0.1, 0.15) is 6.04 Å². The Labute approximate surface area is 129 Å². The van der Waals surface area contributed by atoms with Gasteiger partial charge in [0, 0.05) is 13.0 Å². The third kappa shape index (κ3) is 4.06.